The van der Waals surface area contributed by atoms with Gasteiger partial charge in [0.1, 0.15) is 0 Å². The minimum atomic E-state index is 0.720. The summed E-state index contributed by atoms with van der Waals surface area (Å²) in [5.74, 6) is 0.720. The van der Waals surface area contributed by atoms with Crippen LogP contribution in [0.5, 0.6) is 0 Å². The Kier molecular flexibility index (Phi) is 27.0. The van der Waals surface area contributed by atoms with E-state index in [4.69, 9.17) is 0 Å². The van der Waals surface area contributed by atoms with Gasteiger partial charge in [-0.2, -0.15) is 0 Å². The third-order valence-corrected chi connectivity index (χ3v) is 6.93. The van der Waals surface area contributed by atoms with Crippen LogP contribution >= 0.6 is 0 Å². The smallest absolute Gasteiger partial charge is 0.0414 e. The van der Waals surface area contributed by atoms with Crippen LogP contribution in [0.1, 0.15) is 181 Å². The first-order valence-corrected chi connectivity index (χ1v) is 14.6. The summed E-state index contributed by atoms with van der Waals surface area (Å²) in [5.41, 5.74) is 0. The van der Waals surface area contributed by atoms with Crippen LogP contribution in [0.25, 0.3) is 0 Å². The molecule has 0 bridgehead atoms. The van der Waals surface area contributed by atoms with Crippen molar-refractivity contribution >= 4 is 0 Å². The van der Waals surface area contributed by atoms with E-state index in [2.05, 4.69) is 20.8 Å². The average Bonchev–Trinajstić information content (AvgIpc) is 2.75. The van der Waals surface area contributed by atoms with Crippen LogP contribution in [0, 0.1) is 12.8 Å². The molecular weight excluding hydrogens is 360 g/mol. The fourth-order valence-corrected chi connectivity index (χ4v) is 4.69. The lowest BCUT2D eigenvalue weighted by atomic mass is 9.96. The van der Waals surface area contributed by atoms with Gasteiger partial charge in [-0.15, -0.1) is 0 Å². The molecule has 0 aromatic rings. The van der Waals surface area contributed by atoms with E-state index in [-0.39, 0.29) is 0 Å². The van der Waals surface area contributed by atoms with Crippen molar-refractivity contribution in [2.24, 2.45) is 5.92 Å². The third kappa shape index (κ3) is 26.0. The Labute approximate surface area is 193 Å². The predicted molar refractivity (Wildman–Crippen MR) is 140 cm³/mol. The van der Waals surface area contributed by atoms with E-state index >= 15 is 0 Å². The van der Waals surface area contributed by atoms with Gasteiger partial charge in [0.25, 0.3) is 0 Å². The van der Waals surface area contributed by atoms with Crippen LogP contribution in [0.3, 0.4) is 0 Å². The van der Waals surface area contributed by atoms with E-state index in [1.807, 2.05) is 0 Å². The van der Waals surface area contributed by atoms with Crippen molar-refractivity contribution in [1.29, 1.82) is 0 Å². The van der Waals surface area contributed by atoms with Crippen LogP contribution in [0.2, 0.25) is 0 Å². The Morgan fingerprint density at radius 3 is 0.767 bits per heavy atom. The number of hydrogen-bond acceptors (Lipinski definition) is 0. The fraction of sp³-hybridized carbons (Fsp3) is 0.967. The Morgan fingerprint density at radius 1 is 0.333 bits per heavy atom. The van der Waals surface area contributed by atoms with Gasteiger partial charge in [-0.3, -0.25) is 0 Å². The van der Waals surface area contributed by atoms with Gasteiger partial charge in [-0.05, 0) is 5.92 Å². The maximum atomic E-state index is 4.39. The highest BCUT2D eigenvalue weighted by molar-refractivity contribution is 4.62. The van der Waals surface area contributed by atoms with Crippen LogP contribution in [-0.2, 0) is 0 Å². The molecule has 0 aliphatic carbocycles. The SMILES string of the molecule is [CH2]C(CCCCCCCC)CCCCCCCCCCCCCCCCCCCC. The topological polar surface area (TPSA) is 0 Å². The molecule has 1 atom stereocenters. The first-order valence-electron chi connectivity index (χ1n) is 14.6. The van der Waals surface area contributed by atoms with Crippen molar-refractivity contribution in [2.45, 2.75) is 181 Å². The fourth-order valence-electron chi connectivity index (χ4n) is 4.69. The molecule has 0 heteroatoms. The molecule has 0 saturated carbocycles. The van der Waals surface area contributed by atoms with E-state index in [0.29, 0.717) is 0 Å². The summed E-state index contributed by atoms with van der Waals surface area (Å²) in [6.45, 7) is 8.99. The molecule has 0 aromatic carbocycles. The molecule has 1 radical (unpaired) electrons. The lowest BCUT2D eigenvalue weighted by molar-refractivity contribution is 0.461. The lowest BCUT2D eigenvalue weighted by Crippen LogP contribution is -1.95. The summed E-state index contributed by atoms with van der Waals surface area (Å²) in [7, 11) is 0. The van der Waals surface area contributed by atoms with E-state index in [0.717, 1.165) is 5.92 Å². The quantitative estimate of drug-likeness (QED) is 0.122. The Bertz CT molecular complexity index is 282. The van der Waals surface area contributed by atoms with Gasteiger partial charge >= 0.3 is 0 Å². The summed E-state index contributed by atoms with van der Waals surface area (Å²) in [5, 5.41) is 0. The van der Waals surface area contributed by atoms with Crippen LogP contribution in [0.15, 0.2) is 0 Å². The zero-order valence-electron chi connectivity index (χ0n) is 21.7. The van der Waals surface area contributed by atoms with Gasteiger partial charge in [0, 0.05) is 0 Å². The maximum Gasteiger partial charge on any atom is -0.0414 e. The summed E-state index contributed by atoms with van der Waals surface area (Å²) in [6, 6.07) is 0. The molecule has 0 amide bonds. The molecule has 1 unspecified atom stereocenters. The summed E-state index contributed by atoms with van der Waals surface area (Å²) in [6.07, 6.45) is 37.6. The highest BCUT2D eigenvalue weighted by atomic mass is 14.1. The molecule has 0 N–H and O–H groups in total. The van der Waals surface area contributed by atoms with Crippen molar-refractivity contribution in [3.63, 3.8) is 0 Å². The first-order chi connectivity index (χ1) is 14.8. The van der Waals surface area contributed by atoms with Gasteiger partial charge in [-0.25, -0.2) is 0 Å². The van der Waals surface area contributed by atoms with Crippen LogP contribution in [0.4, 0.5) is 0 Å². The van der Waals surface area contributed by atoms with Gasteiger partial charge in [0.2, 0.25) is 0 Å². The molecule has 30 heavy (non-hydrogen) atoms. The average molecular weight is 422 g/mol. The second-order valence-corrected chi connectivity index (χ2v) is 10.2. The minimum absolute atomic E-state index is 0.720. The molecular formula is C30H61. The van der Waals surface area contributed by atoms with Gasteiger partial charge < -0.3 is 0 Å². The molecule has 0 rings (SSSR count). The maximum absolute atomic E-state index is 4.39. The van der Waals surface area contributed by atoms with E-state index in [1.54, 1.807) is 0 Å². The third-order valence-electron chi connectivity index (χ3n) is 6.93. The van der Waals surface area contributed by atoms with E-state index in [1.165, 1.54) is 167 Å². The Hall–Kier alpha value is 0. The van der Waals surface area contributed by atoms with Crippen molar-refractivity contribution in [3.8, 4) is 0 Å². The molecule has 181 valence electrons. The zero-order valence-corrected chi connectivity index (χ0v) is 21.7. The summed E-state index contributed by atoms with van der Waals surface area (Å²) in [4.78, 5) is 0. The van der Waals surface area contributed by atoms with Crippen LogP contribution in [-0.4, -0.2) is 0 Å². The zero-order chi connectivity index (χ0) is 22.0. The highest BCUT2D eigenvalue weighted by Crippen LogP contribution is 2.19. The summed E-state index contributed by atoms with van der Waals surface area (Å²) < 4.78 is 0. The highest BCUT2D eigenvalue weighted by Gasteiger charge is 2.02. The number of unbranched alkanes of at least 4 members (excludes halogenated alkanes) is 22. The number of rotatable bonds is 26. The molecule has 0 fully saturated rings. The molecule has 0 aromatic heterocycles. The van der Waals surface area contributed by atoms with E-state index in [9.17, 15) is 0 Å². The summed E-state index contributed by atoms with van der Waals surface area (Å²) >= 11 is 0. The normalized spacial score (nSPS) is 12.5. The monoisotopic (exact) mass is 421 g/mol. The van der Waals surface area contributed by atoms with Crippen molar-refractivity contribution < 1.29 is 0 Å². The predicted octanol–water partition coefficient (Wildman–Crippen LogP) is 11.6. The lowest BCUT2D eigenvalue weighted by Gasteiger charge is -2.11. The second-order valence-electron chi connectivity index (χ2n) is 10.2. The molecule has 0 saturated heterocycles. The van der Waals surface area contributed by atoms with Crippen molar-refractivity contribution in [2.75, 3.05) is 0 Å². The molecule has 0 spiro atoms. The minimum Gasteiger partial charge on any atom is -0.0654 e. The largest absolute Gasteiger partial charge is 0.0654 e. The van der Waals surface area contributed by atoms with Crippen molar-refractivity contribution in [3.05, 3.63) is 6.92 Å². The Morgan fingerprint density at radius 2 is 0.533 bits per heavy atom. The second kappa shape index (κ2) is 27.0. The molecule has 0 aliphatic heterocycles. The van der Waals surface area contributed by atoms with Crippen LogP contribution < -0.4 is 0 Å². The van der Waals surface area contributed by atoms with Gasteiger partial charge in [-0.1, -0.05) is 188 Å². The van der Waals surface area contributed by atoms with E-state index < -0.39 is 0 Å². The molecule has 0 aliphatic rings. The Balaban J connectivity index is 3.09. The molecule has 0 heterocycles. The van der Waals surface area contributed by atoms with Gasteiger partial charge in [0.15, 0.2) is 0 Å². The first kappa shape index (κ1) is 30.0. The molecule has 0 nitrogen and oxygen atoms in total. The van der Waals surface area contributed by atoms with Crippen molar-refractivity contribution in [1.82, 2.24) is 0 Å². The van der Waals surface area contributed by atoms with Gasteiger partial charge in [0.05, 0.1) is 0 Å². The standard InChI is InChI=1S/C30H61/c1-4-6-8-10-12-13-14-15-16-17-18-19-20-21-22-23-25-27-29-30(3)28-26-24-11-9-7-5-2/h30H,3-29H2,1-2H3. The number of hydrogen-bond donors (Lipinski definition) is 0.